The first-order chi connectivity index (χ1) is 8.53. The SMILES string of the molecule is CCC1(CC)C(O)CC1Oc1ccc(Br)c(F)c1. The summed E-state index contributed by atoms with van der Waals surface area (Å²) >= 11 is 3.12. The fourth-order valence-corrected chi connectivity index (χ4v) is 3.03. The minimum absolute atomic E-state index is 0.0249. The minimum Gasteiger partial charge on any atom is -0.490 e. The third-order valence-electron chi connectivity index (χ3n) is 4.23. The first-order valence-electron chi connectivity index (χ1n) is 6.33. The first-order valence-corrected chi connectivity index (χ1v) is 7.12. The lowest BCUT2D eigenvalue weighted by atomic mass is 9.60. The number of aliphatic hydroxyl groups is 1. The van der Waals surface area contributed by atoms with Crippen LogP contribution in [0, 0.1) is 11.2 Å². The highest BCUT2D eigenvalue weighted by molar-refractivity contribution is 9.10. The van der Waals surface area contributed by atoms with Gasteiger partial charge in [-0.1, -0.05) is 13.8 Å². The van der Waals surface area contributed by atoms with Crippen LogP contribution in [0.1, 0.15) is 33.1 Å². The van der Waals surface area contributed by atoms with Crippen LogP contribution in [0.4, 0.5) is 4.39 Å². The van der Waals surface area contributed by atoms with Gasteiger partial charge in [-0.15, -0.1) is 0 Å². The van der Waals surface area contributed by atoms with Gasteiger partial charge in [0.1, 0.15) is 17.7 Å². The molecule has 1 saturated carbocycles. The molecule has 1 aromatic rings. The zero-order valence-electron chi connectivity index (χ0n) is 10.6. The minimum atomic E-state index is -0.328. The van der Waals surface area contributed by atoms with Crippen molar-refractivity contribution in [3.63, 3.8) is 0 Å². The topological polar surface area (TPSA) is 29.5 Å². The summed E-state index contributed by atoms with van der Waals surface area (Å²) in [6.07, 6.45) is 2.03. The van der Waals surface area contributed by atoms with Crippen LogP contribution in [0.15, 0.2) is 22.7 Å². The maximum absolute atomic E-state index is 13.4. The smallest absolute Gasteiger partial charge is 0.141 e. The standard InChI is InChI=1S/C14H18BrFO2/c1-3-14(4-2)12(17)8-13(14)18-9-5-6-10(15)11(16)7-9/h5-7,12-13,17H,3-4,8H2,1-2H3. The van der Waals surface area contributed by atoms with Crippen LogP contribution >= 0.6 is 15.9 Å². The molecule has 1 N–H and O–H groups in total. The third kappa shape index (κ3) is 2.16. The Labute approximate surface area is 115 Å². The van der Waals surface area contributed by atoms with Crippen molar-refractivity contribution >= 4 is 15.9 Å². The maximum Gasteiger partial charge on any atom is 0.141 e. The van der Waals surface area contributed by atoms with Crippen LogP contribution in [-0.4, -0.2) is 17.3 Å². The number of halogens is 2. The van der Waals surface area contributed by atoms with E-state index in [4.69, 9.17) is 4.74 Å². The molecular formula is C14H18BrFO2. The second-order valence-electron chi connectivity index (χ2n) is 4.87. The number of hydrogen-bond donors (Lipinski definition) is 1. The van der Waals surface area contributed by atoms with E-state index in [1.54, 1.807) is 12.1 Å². The Hall–Kier alpha value is -0.610. The molecule has 2 nitrogen and oxygen atoms in total. The molecule has 0 saturated heterocycles. The van der Waals surface area contributed by atoms with Gasteiger partial charge in [-0.05, 0) is 40.9 Å². The van der Waals surface area contributed by atoms with E-state index in [-0.39, 0.29) is 23.4 Å². The molecule has 4 heteroatoms. The van der Waals surface area contributed by atoms with Gasteiger partial charge in [-0.25, -0.2) is 4.39 Å². The zero-order valence-corrected chi connectivity index (χ0v) is 12.2. The van der Waals surface area contributed by atoms with Crippen LogP contribution in [0.5, 0.6) is 5.75 Å². The summed E-state index contributed by atoms with van der Waals surface area (Å²) in [4.78, 5) is 0. The number of rotatable bonds is 4. The van der Waals surface area contributed by atoms with Crippen molar-refractivity contribution in [2.24, 2.45) is 5.41 Å². The first kappa shape index (κ1) is 13.8. The fraction of sp³-hybridized carbons (Fsp3) is 0.571. The van der Waals surface area contributed by atoms with Gasteiger partial charge < -0.3 is 9.84 Å². The summed E-state index contributed by atoms with van der Waals surface area (Å²) in [5.41, 5.74) is -0.177. The van der Waals surface area contributed by atoms with E-state index in [9.17, 15) is 9.50 Å². The molecule has 0 amide bonds. The van der Waals surface area contributed by atoms with E-state index in [1.165, 1.54) is 6.07 Å². The van der Waals surface area contributed by atoms with Gasteiger partial charge in [-0.3, -0.25) is 0 Å². The van der Waals surface area contributed by atoms with Gasteiger partial charge >= 0.3 is 0 Å². The average molecular weight is 317 g/mol. The monoisotopic (exact) mass is 316 g/mol. The molecule has 2 atom stereocenters. The molecule has 1 aliphatic carbocycles. The lowest BCUT2D eigenvalue weighted by Gasteiger charge is -2.52. The van der Waals surface area contributed by atoms with Gasteiger partial charge in [0.2, 0.25) is 0 Å². The van der Waals surface area contributed by atoms with Crippen molar-refractivity contribution in [3.8, 4) is 5.75 Å². The number of aliphatic hydroxyl groups excluding tert-OH is 1. The van der Waals surface area contributed by atoms with Crippen molar-refractivity contribution in [1.29, 1.82) is 0 Å². The van der Waals surface area contributed by atoms with Crippen molar-refractivity contribution in [2.75, 3.05) is 0 Å². The average Bonchev–Trinajstić information content (AvgIpc) is 2.35. The molecule has 0 aromatic heterocycles. The summed E-state index contributed by atoms with van der Waals surface area (Å²) < 4.78 is 19.7. The van der Waals surface area contributed by atoms with Gasteiger partial charge in [0.05, 0.1) is 10.6 Å². The van der Waals surface area contributed by atoms with Crippen molar-refractivity contribution in [2.45, 2.75) is 45.3 Å². The van der Waals surface area contributed by atoms with E-state index >= 15 is 0 Å². The second kappa shape index (κ2) is 5.17. The summed E-state index contributed by atoms with van der Waals surface area (Å²) in [5.74, 6) is 0.199. The summed E-state index contributed by atoms with van der Waals surface area (Å²) in [7, 11) is 0. The van der Waals surface area contributed by atoms with Crippen molar-refractivity contribution in [1.82, 2.24) is 0 Å². The Morgan fingerprint density at radius 3 is 2.61 bits per heavy atom. The predicted octanol–water partition coefficient (Wildman–Crippen LogP) is 3.91. The molecular weight excluding hydrogens is 299 g/mol. The Morgan fingerprint density at radius 2 is 2.11 bits per heavy atom. The molecule has 0 heterocycles. The molecule has 0 spiro atoms. The Balaban J connectivity index is 2.12. The predicted molar refractivity (Wildman–Crippen MR) is 72.2 cm³/mol. The molecule has 1 aromatic carbocycles. The molecule has 2 unspecified atom stereocenters. The van der Waals surface area contributed by atoms with Crippen LogP contribution in [0.25, 0.3) is 0 Å². The maximum atomic E-state index is 13.4. The van der Waals surface area contributed by atoms with Gasteiger partial charge in [-0.2, -0.15) is 0 Å². The Kier molecular flexibility index (Phi) is 3.97. The fourth-order valence-electron chi connectivity index (χ4n) is 2.78. The Bertz CT molecular complexity index is 432. The largest absolute Gasteiger partial charge is 0.490 e. The quantitative estimate of drug-likeness (QED) is 0.912. The summed E-state index contributed by atoms with van der Waals surface area (Å²) in [5, 5.41) is 9.94. The highest BCUT2D eigenvalue weighted by atomic mass is 79.9. The Morgan fingerprint density at radius 1 is 1.44 bits per heavy atom. The van der Waals surface area contributed by atoms with Crippen LogP contribution in [0.3, 0.4) is 0 Å². The molecule has 18 heavy (non-hydrogen) atoms. The zero-order chi connectivity index (χ0) is 13.3. The van der Waals surface area contributed by atoms with Crippen molar-refractivity contribution < 1.29 is 14.2 Å². The number of benzene rings is 1. The van der Waals surface area contributed by atoms with Crippen LogP contribution in [-0.2, 0) is 0 Å². The molecule has 0 radical (unpaired) electrons. The molecule has 0 bridgehead atoms. The molecule has 2 rings (SSSR count). The van der Waals surface area contributed by atoms with Gasteiger partial charge in [0.25, 0.3) is 0 Å². The van der Waals surface area contributed by atoms with E-state index in [2.05, 4.69) is 29.8 Å². The number of ether oxygens (including phenoxy) is 1. The highest BCUT2D eigenvalue weighted by Crippen LogP contribution is 2.48. The second-order valence-corrected chi connectivity index (χ2v) is 5.73. The molecule has 0 aliphatic heterocycles. The number of hydrogen-bond acceptors (Lipinski definition) is 2. The van der Waals surface area contributed by atoms with Gasteiger partial charge in [0.15, 0.2) is 0 Å². The lowest BCUT2D eigenvalue weighted by molar-refractivity contribution is -0.159. The highest BCUT2D eigenvalue weighted by Gasteiger charge is 2.53. The molecule has 1 aliphatic rings. The van der Waals surface area contributed by atoms with Gasteiger partial charge in [0, 0.05) is 17.9 Å². The van der Waals surface area contributed by atoms with Crippen molar-refractivity contribution in [3.05, 3.63) is 28.5 Å². The lowest BCUT2D eigenvalue weighted by Crippen LogP contribution is -2.59. The molecule has 1 fully saturated rings. The normalized spacial score (nSPS) is 25.6. The van der Waals surface area contributed by atoms with E-state index in [0.717, 1.165) is 12.8 Å². The summed E-state index contributed by atoms with van der Waals surface area (Å²) in [6, 6.07) is 4.76. The van der Waals surface area contributed by atoms with Crippen LogP contribution < -0.4 is 4.74 Å². The van der Waals surface area contributed by atoms with E-state index in [0.29, 0.717) is 16.6 Å². The molecule has 100 valence electrons. The van der Waals surface area contributed by atoms with E-state index < -0.39 is 0 Å². The van der Waals surface area contributed by atoms with E-state index in [1.807, 2.05) is 0 Å². The summed E-state index contributed by atoms with van der Waals surface area (Å²) in [6.45, 7) is 4.12. The van der Waals surface area contributed by atoms with Crippen LogP contribution in [0.2, 0.25) is 0 Å². The third-order valence-corrected chi connectivity index (χ3v) is 4.87.